The summed E-state index contributed by atoms with van der Waals surface area (Å²) in [5, 5.41) is 2.32. The zero-order valence-electron chi connectivity index (χ0n) is 39.7. The van der Waals surface area contributed by atoms with Crippen molar-refractivity contribution in [3.05, 3.63) is 282 Å². The quantitative estimate of drug-likeness (QED) is 0.130. The minimum Gasteiger partial charge on any atom is -0.359 e. The molecule has 5 atom stereocenters. The maximum atomic E-state index is 4.75. The Balaban J connectivity index is 1.06. The molecule has 70 heavy (non-hydrogen) atoms. The summed E-state index contributed by atoms with van der Waals surface area (Å²) in [4.78, 5) is 7.93. The van der Waals surface area contributed by atoms with E-state index >= 15 is 0 Å². The molecule has 342 valence electrons. The number of nitrogens with zero attached hydrogens (tertiary/aromatic N) is 4. The van der Waals surface area contributed by atoms with Crippen molar-refractivity contribution in [2.24, 2.45) is 0 Å². The van der Waals surface area contributed by atoms with Gasteiger partial charge in [0.2, 0.25) is 0 Å². The summed E-state index contributed by atoms with van der Waals surface area (Å²) in [5.41, 5.74) is 17.2. The van der Waals surface area contributed by atoms with Gasteiger partial charge in [-0.1, -0.05) is 196 Å². The average Bonchev–Trinajstić information content (AvgIpc) is 3.68. The van der Waals surface area contributed by atoms with Crippen LogP contribution < -0.4 is 20.4 Å². The molecule has 4 aromatic carbocycles. The molecule has 0 fully saturated rings. The van der Waals surface area contributed by atoms with E-state index in [1.165, 1.54) is 67.1 Å². The Morgan fingerprint density at radius 1 is 0.686 bits per heavy atom. The molecule has 1 aromatic heterocycles. The highest BCUT2D eigenvalue weighted by atomic mass is 15.3. The Hall–Kier alpha value is -8.08. The number of hydrogen-bond donors (Lipinski definition) is 0. The van der Waals surface area contributed by atoms with Crippen LogP contribution in [-0.4, -0.2) is 27.6 Å². The minimum atomic E-state index is -0.0268. The Morgan fingerprint density at radius 3 is 2.23 bits per heavy atom. The van der Waals surface area contributed by atoms with Gasteiger partial charge in [-0.15, -0.1) is 0 Å². The molecule has 4 heterocycles. The summed E-state index contributed by atoms with van der Waals surface area (Å²) in [6.45, 7) is 13.5. The first kappa shape index (κ1) is 43.2. The van der Waals surface area contributed by atoms with E-state index in [4.69, 9.17) is 13.2 Å². The lowest BCUT2D eigenvalue weighted by molar-refractivity contribution is 0.200. The summed E-state index contributed by atoms with van der Waals surface area (Å²) in [5.74, 6) is 0.0552. The molecule has 3 aliphatic heterocycles. The molecule has 0 radical (unpaired) electrons. The second-order valence-corrected chi connectivity index (χ2v) is 19.1. The molecule has 4 heteroatoms. The predicted molar refractivity (Wildman–Crippen MR) is 295 cm³/mol. The summed E-state index contributed by atoms with van der Waals surface area (Å²) in [6.07, 6.45) is 48.6. The molecule has 4 aliphatic carbocycles. The number of aromatic nitrogens is 1. The van der Waals surface area contributed by atoms with Crippen molar-refractivity contribution in [3.63, 3.8) is 0 Å². The zero-order chi connectivity index (χ0) is 47.1. The van der Waals surface area contributed by atoms with Gasteiger partial charge in [-0.25, -0.2) is 0 Å². The summed E-state index contributed by atoms with van der Waals surface area (Å²) >= 11 is 0. The first-order valence-electron chi connectivity index (χ1n) is 25.0. The molecule has 7 aliphatic rings. The third kappa shape index (κ3) is 7.38. The van der Waals surface area contributed by atoms with Gasteiger partial charge in [0.15, 0.2) is 0 Å². The van der Waals surface area contributed by atoms with Gasteiger partial charge in [-0.05, 0) is 102 Å². The topological polar surface area (TPSA) is 14.7 Å². The van der Waals surface area contributed by atoms with Crippen LogP contribution in [0.25, 0.3) is 35.2 Å². The lowest BCUT2D eigenvalue weighted by atomic mass is 9.78. The van der Waals surface area contributed by atoms with E-state index in [0.717, 1.165) is 54.3 Å². The summed E-state index contributed by atoms with van der Waals surface area (Å²) < 4.78 is 2.50. The Bertz CT molecular complexity index is 3390. The maximum absolute atomic E-state index is 4.75. The van der Waals surface area contributed by atoms with E-state index in [-0.39, 0.29) is 30.1 Å². The SMILES string of the molecule is C=C/C=C\C=C1\C2c3c(c4/c(n31)=C\C(=C)C(=C)/C=C\C(N(C1=CC=CCC1)C1CC=CC=C1C1=CC=CCC1)C1c3ccccc3N1/C=4)C=CC2N(c1ccccc1)c1ccccc1-c1ccccc1. The Morgan fingerprint density at radius 2 is 1.43 bits per heavy atom. The Labute approximate surface area is 413 Å². The van der Waals surface area contributed by atoms with Gasteiger partial charge in [0, 0.05) is 62.3 Å². The maximum Gasteiger partial charge on any atom is 0.0846 e. The zero-order valence-corrected chi connectivity index (χ0v) is 39.7. The molecule has 0 saturated heterocycles. The van der Waals surface area contributed by atoms with Crippen molar-refractivity contribution < 1.29 is 0 Å². The van der Waals surface area contributed by atoms with Crippen molar-refractivity contribution in [1.82, 2.24) is 9.47 Å². The molecular formula is C66H58N4. The summed E-state index contributed by atoms with van der Waals surface area (Å²) in [7, 11) is 0. The predicted octanol–water partition coefficient (Wildman–Crippen LogP) is 14.3. The highest BCUT2D eigenvalue weighted by Crippen LogP contribution is 2.53. The first-order chi connectivity index (χ1) is 34.6. The lowest BCUT2D eigenvalue weighted by Crippen LogP contribution is -2.53. The summed E-state index contributed by atoms with van der Waals surface area (Å²) in [6, 6.07) is 39.8. The highest BCUT2D eigenvalue weighted by molar-refractivity contribution is 5.88. The van der Waals surface area contributed by atoms with Crippen LogP contribution in [0.2, 0.25) is 0 Å². The van der Waals surface area contributed by atoms with E-state index < -0.39 is 0 Å². The Kier molecular flexibility index (Phi) is 11.4. The molecule has 12 rings (SSSR count). The normalized spacial score (nSPS) is 24.7. The van der Waals surface area contributed by atoms with Gasteiger partial charge in [0.1, 0.15) is 0 Å². The van der Waals surface area contributed by atoms with Crippen LogP contribution in [0.4, 0.5) is 17.1 Å². The van der Waals surface area contributed by atoms with Crippen LogP contribution in [-0.2, 0) is 0 Å². The van der Waals surface area contributed by atoms with Crippen LogP contribution in [0.1, 0.15) is 60.9 Å². The molecule has 0 amide bonds. The van der Waals surface area contributed by atoms with Gasteiger partial charge in [0.05, 0.1) is 35.4 Å². The van der Waals surface area contributed by atoms with Crippen LogP contribution in [0, 0.1) is 0 Å². The standard InChI is InChI=1S/C66H58N4/c1-4-5-10-39-60-64-61(68(50-29-15-8-16-30-50)58-37-23-19-33-52(58)48-25-11-6-12-26-48)43-41-54-56-45-67-57-36-22-21-35-55(57)65(67)62(42-40-46(2)47(3)44-63(56)70(60)66(54)64)69(51-31-17-9-18-32-51)59-38-24-20-34-53(59)49-27-13-7-14-28-49/h4-13,15-17,19-27,29-31,33-37,39-45,59,61-62,64-65H,1-3,14,18,28,32,38H2/b10-5-,42-40-,56-45+,60-39-,63-44+. The molecule has 0 saturated carbocycles. The fraction of sp³-hybridized carbons (Fsp3) is 0.152. The minimum absolute atomic E-state index is 0.0195. The lowest BCUT2D eigenvalue weighted by Gasteiger charge is -2.52. The fourth-order valence-corrected chi connectivity index (χ4v) is 12.0. The second kappa shape index (κ2) is 18.4. The monoisotopic (exact) mass is 906 g/mol. The van der Waals surface area contributed by atoms with Crippen LogP contribution in [0.15, 0.2) is 254 Å². The van der Waals surface area contributed by atoms with Gasteiger partial charge in [-0.3, -0.25) is 0 Å². The van der Waals surface area contributed by atoms with Crippen LogP contribution >= 0.6 is 0 Å². The molecule has 0 spiro atoms. The molecule has 0 N–H and O–H groups in total. The van der Waals surface area contributed by atoms with Gasteiger partial charge in [0.25, 0.3) is 0 Å². The number of anilines is 3. The second-order valence-electron chi connectivity index (χ2n) is 19.1. The third-order valence-corrected chi connectivity index (χ3v) is 15.2. The molecular weight excluding hydrogens is 849 g/mol. The van der Waals surface area contributed by atoms with Crippen molar-refractivity contribution in [2.75, 3.05) is 9.80 Å². The molecule has 4 nitrogen and oxygen atoms in total. The van der Waals surface area contributed by atoms with Crippen molar-refractivity contribution in [1.29, 1.82) is 0 Å². The number of hydrogen-bond acceptors (Lipinski definition) is 3. The van der Waals surface area contributed by atoms with Crippen molar-refractivity contribution in [3.8, 4) is 11.1 Å². The first-order valence-corrected chi connectivity index (χ1v) is 25.0. The number of allylic oxidation sites excluding steroid dienone is 16. The van der Waals surface area contributed by atoms with Crippen LogP contribution in [0.3, 0.4) is 0 Å². The van der Waals surface area contributed by atoms with E-state index in [1.807, 2.05) is 12.2 Å². The van der Waals surface area contributed by atoms with Crippen molar-refractivity contribution in [2.45, 2.75) is 62.2 Å². The smallest absolute Gasteiger partial charge is 0.0846 e. The average molecular weight is 907 g/mol. The molecule has 5 aromatic rings. The van der Waals surface area contributed by atoms with Gasteiger partial charge in [-0.2, -0.15) is 0 Å². The van der Waals surface area contributed by atoms with Crippen molar-refractivity contribution >= 4 is 41.1 Å². The number of para-hydroxylation sites is 3. The van der Waals surface area contributed by atoms with E-state index in [2.05, 4.69) is 238 Å². The van der Waals surface area contributed by atoms with E-state index in [0.29, 0.717) is 0 Å². The number of benzene rings is 4. The van der Waals surface area contributed by atoms with Gasteiger partial charge < -0.3 is 19.3 Å². The van der Waals surface area contributed by atoms with Crippen LogP contribution in [0.5, 0.6) is 0 Å². The van der Waals surface area contributed by atoms with E-state index in [1.54, 1.807) is 0 Å². The largest absolute Gasteiger partial charge is 0.359 e. The third-order valence-electron chi connectivity index (χ3n) is 15.2. The molecule has 0 bridgehead atoms. The van der Waals surface area contributed by atoms with E-state index in [9.17, 15) is 0 Å². The highest BCUT2D eigenvalue weighted by Gasteiger charge is 2.48. The number of rotatable bonds is 10. The fourth-order valence-electron chi connectivity index (χ4n) is 12.0. The van der Waals surface area contributed by atoms with Gasteiger partial charge >= 0.3 is 0 Å². The number of fused-ring (bicyclic) bond motifs is 7. The molecule has 5 unspecified atom stereocenters.